The lowest BCUT2D eigenvalue weighted by atomic mass is 10.3. The summed E-state index contributed by atoms with van der Waals surface area (Å²) in [7, 11) is 0. The van der Waals surface area contributed by atoms with Gasteiger partial charge in [-0.1, -0.05) is 23.4 Å². The van der Waals surface area contributed by atoms with E-state index in [2.05, 4.69) is 26.1 Å². The molecular formula is C14H11N5O. The van der Waals surface area contributed by atoms with Gasteiger partial charge in [-0.15, -0.1) is 17.4 Å². The monoisotopic (exact) mass is 265 g/mol. The number of para-hydroxylation sites is 1. The average molecular weight is 265 g/mol. The Kier molecular flexibility index (Phi) is 3.25. The van der Waals surface area contributed by atoms with E-state index in [9.17, 15) is 0 Å². The van der Waals surface area contributed by atoms with Crippen LogP contribution in [0.5, 0.6) is 0 Å². The smallest absolute Gasteiger partial charge is 0.297 e. The second-order valence-electron chi connectivity index (χ2n) is 4.07. The van der Waals surface area contributed by atoms with Gasteiger partial charge in [-0.05, 0) is 12.1 Å². The van der Waals surface area contributed by atoms with Crippen molar-refractivity contribution in [1.29, 1.82) is 0 Å². The molecule has 0 fully saturated rings. The molecule has 0 aliphatic carbocycles. The summed E-state index contributed by atoms with van der Waals surface area (Å²) in [6.07, 6.45) is 7.96. The van der Waals surface area contributed by atoms with Gasteiger partial charge >= 0.3 is 0 Å². The zero-order valence-electron chi connectivity index (χ0n) is 10.6. The van der Waals surface area contributed by atoms with Crippen LogP contribution in [0.4, 0.5) is 0 Å². The SMILES string of the molecule is C#CCCc1noc(-c2ncn(-c3ccccc3)n2)n1. The zero-order chi connectivity index (χ0) is 13.8. The molecule has 0 aliphatic rings. The van der Waals surface area contributed by atoms with E-state index in [0.29, 0.717) is 30.4 Å². The second kappa shape index (κ2) is 5.36. The van der Waals surface area contributed by atoms with Crippen LogP contribution >= 0.6 is 0 Å². The van der Waals surface area contributed by atoms with E-state index in [-0.39, 0.29) is 0 Å². The Morgan fingerprint density at radius 2 is 2.10 bits per heavy atom. The van der Waals surface area contributed by atoms with Gasteiger partial charge in [0.05, 0.1) is 5.69 Å². The quantitative estimate of drug-likeness (QED) is 0.674. The largest absolute Gasteiger partial charge is 0.330 e. The van der Waals surface area contributed by atoms with Crippen LogP contribution in [0.3, 0.4) is 0 Å². The lowest BCUT2D eigenvalue weighted by molar-refractivity contribution is 0.420. The van der Waals surface area contributed by atoms with Crippen LogP contribution < -0.4 is 0 Å². The highest BCUT2D eigenvalue weighted by Crippen LogP contribution is 2.14. The molecule has 0 aliphatic heterocycles. The Hall–Kier alpha value is -2.94. The van der Waals surface area contributed by atoms with Gasteiger partial charge in [-0.3, -0.25) is 0 Å². The number of benzene rings is 1. The van der Waals surface area contributed by atoms with Crippen LogP contribution in [0.2, 0.25) is 0 Å². The third kappa shape index (κ3) is 2.42. The van der Waals surface area contributed by atoms with E-state index in [1.54, 1.807) is 11.0 Å². The normalized spacial score (nSPS) is 10.3. The first-order valence-electron chi connectivity index (χ1n) is 6.10. The zero-order valence-corrected chi connectivity index (χ0v) is 10.6. The molecule has 0 amide bonds. The summed E-state index contributed by atoms with van der Waals surface area (Å²) in [6, 6.07) is 9.68. The first-order valence-corrected chi connectivity index (χ1v) is 6.10. The maximum absolute atomic E-state index is 5.20. The van der Waals surface area contributed by atoms with Crippen molar-refractivity contribution in [2.24, 2.45) is 0 Å². The summed E-state index contributed by atoms with van der Waals surface area (Å²) >= 11 is 0. The van der Waals surface area contributed by atoms with Gasteiger partial charge in [0.25, 0.3) is 5.89 Å². The van der Waals surface area contributed by atoms with E-state index >= 15 is 0 Å². The highest BCUT2D eigenvalue weighted by Gasteiger charge is 2.13. The topological polar surface area (TPSA) is 69.6 Å². The van der Waals surface area contributed by atoms with Crippen LogP contribution in [0, 0.1) is 12.3 Å². The molecule has 0 atom stereocenters. The summed E-state index contributed by atoms with van der Waals surface area (Å²) < 4.78 is 6.78. The Morgan fingerprint density at radius 3 is 2.90 bits per heavy atom. The van der Waals surface area contributed by atoms with Crippen molar-refractivity contribution in [3.63, 3.8) is 0 Å². The Morgan fingerprint density at radius 1 is 1.25 bits per heavy atom. The standard InChI is InChI=1S/C14H11N5O/c1-2-3-9-12-16-14(20-18-12)13-15-10-19(17-13)11-7-5-4-6-8-11/h1,4-8,10H,3,9H2. The number of rotatable bonds is 4. The molecule has 3 rings (SSSR count). The number of aromatic nitrogens is 5. The first-order chi connectivity index (χ1) is 9.86. The number of hydrogen-bond acceptors (Lipinski definition) is 5. The highest BCUT2D eigenvalue weighted by atomic mass is 16.5. The Labute approximate surface area is 115 Å². The van der Waals surface area contributed by atoms with Crippen LogP contribution in [0.15, 0.2) is 41.2 Å². The minimum atomic E-state index is 0.298. The molecule has 0 spiro atoms. The fourth-order valence-corrected chi connectivity index (χ4v) is 1.70. The molecule has 0 N–H and O–H groups in total. The van der Waals surface area contributed by atoms with Crippen LogP contribution in [-0.2, 0) is 6.42 Å². The molecule has 0 saturated heterocycles. The van der Waals surface area contributed by atoms with E-state index in [1.807, 2.05) is 30.3 Å². The molecule has 98 valence electrons. The van der Waals surface area contributed by atoms with Gasteiger partial charge in [0.2, 0.25) is 5.82 Å². The van der Waals surface area contributed by atoms with Gasteiger partial charge in [0.15, 0.2) is 5.82 Å². The third-order valence-electron chi connectivity index (χ3n) is 2.66. The molecule has 3 aromatic rings. The fraction of sp³-hybridized carbons (Fsp3) is 0.143. The average Bonchev–Trinajstić information content (AvgIpc) is 3.15. The molecule has 0 saturated carbocycles. The van der Waals surface area contributed by atoms with Crippen molar-refractivity contribution in [3.8, 4) is 29.7 Å². The molecular weight excluding hydrogens is 254 g/mol. The van der Waals surface area contributed by atoms with Gasteiger partial charge < -0.3 is 4.52 Å². The molecule has 6 nitrogen and oxygen atoms in total. The Balaban J connectivity index is 1.83. The predicted octanol–water partition coefficient (Wildman–Crippen LogP) is 1.88. The minimum Gasteiger partial charge on any atom is -0.330 e. The van der Waals surface area contributed by atoms with Crippen molar-refractivity contribution in [3.05, 3.63) is 42.5 Å². The van der Waals surface area contributed by atoms with E-state index in [0.717, 1.165) is 5.69 Å². The van der Waals surface area contributed by atoms with Crippen molar-refractivity contribution < 1.29 is 4.52 Å². The van der Waals surface area contributed by atoms with Crippen molar-refractivity contribution in [2.75, 3.05) is 0 Å². The second-order valence-corrected chi connectivity index (χ2v) is 4.07. The molecule has 1 aromatic carbocycles. The summed E-state index contributed by atoms with van der Waals surface area (Å²) in [5.41, 5.74) is 0.915. The highest BCUT2D eigenvalue weighted by molar-refractivity contribution is 5.40. The lowest BCUT2D eigenvalue weighted by Crippen LogP contribution is -1.94. The van der Waals surface area contributed by atoms with E-state index < -0.39 is 0 Å². The van der Waals surface area contributed by atoms with E-state index in [1.165, 1.54) is 0 Å². The summed E-state index contributed by atoms with van der Waals surface area (Å²) in [6.45, 7) is 0. The summed E-state index contributed by atoms with van der Waals surface area (Å²) in [5, 5.41) is 8.15. The predicted molar refractivity (Wildman–Crippen MR) is 71.8 cm³/mol. The molecule has 0 radical (unpaired) electrons. The fourth-order valence-electron chi connectivity index (χ4n) is 1.70. The van der Waals surface area contributed by atoms with Crippen molar-refractivity contribution >= 4 is 0 Å². The van der Waals surface area contributed by atoms with Crippen molar-refractivity contribution in [1.82, 2.24) is 24.9 Å². The maximum Gasteiger partial charge on any atom is 0.297 e. The molecule has 0 unspecified atom stereocenters. The maximum atomic E-state index is 5.20. The van der Waals surface area contributed by atoms with E-state index in [4.69, 9.17) is 10.9 Å². The number of hydrogen-bond donors (Lipinski definition) is 0. The minimum absolute atomic E-state index is 0.298. The van der Waals surface area contributed by atoms with Crippen LogP contribution in [-0.4, -0.2) is 24.9 Å². The Bertz CT molecular complexity index is 738. The lowest BCUT2D eigenvalue weighted by Gasteiger charge is -1.97. The molecule has 20 heavy (non-hydrogen) atoms. The van der Waals surface area contributed by atoms with Gasteiger partial charge in [0, 0.05) is 12.8 Å². The summed E-state index contributed by atoms with van der Waals surface area (Å²) in [4.78, 5) is 8.39. The van der Waals surface area contributed by atoms with Gasteiger partial charge in [-0.2, -0.15) is 4.98 Å². The molecule has 2 heterocycles. The number of aryl methyl sites for hydroxylation is 1. The van der Waals surface area contributed by atoms with Gasteiger partial charge in [0.1, 0.15) is 6.33 Å². The van der Waals surface area contributed by atoms with Crippen LogP contribution in [0.1, 0.15) is 12.2 Å². The third-order valence-corrected chi connectivity index (χ3v) is 2.66. The first kappa shape index (κ1) is 12.1. The summed E-state index contributed by atoms with van der Waals surface area (Å²) in [5.74, 6) is 3.79. The molecule has 0 bridgehead atoms. The van der Waals surface area contributed by atoms with Crippen LogP contribution in [0.25, 0.3) is 17.4 Å². The molecule has 2 aromatic heterocycles. The number of terminal acetylenes is 1. The molecule has 6 heteroatoms. The van der Waals surface area contributed by atoms with Gasteiger partial charge in [-0.25, -0.2) is 9.67 Å². The number of nitrogens with zero attached hydrogens (tertiary/aromatic N) is 5. The van der Waals surface area contributed by atoms with Crippen molar-refractivity contribution in [2.45, 2.75) is 12.8 Å².